The van der Waals surface area contributed by atoms with E-state index in [0.717, 1.165) is 22.7 Å². The predicted octanol–water partition coefficient (Wildman–Crippen LogP) is 3.97. The second-order valence-corrected chi connectivity index (χ2v) is 5.64. The van der Waals surface area contributed by atoms with Gasteiger partial charge >= 0.3 is 6.18 Å². The summed E-state index contributed by atoms with van der Waals surface area (Å²) in [6, 6.07) is 1.47. The van der Waals surface area contributed by atoms with E-state index in [1.165, 1.54) is 11.3 Å². The Kier molecular flexibility index (Phi) is 3.84. The molecule has 0 amide bonds. The molecule has 0 radical (unpaired) electrons. The maximum atomic E-state index is 13.1. The average molecular weight is 304 g/mol. The Morgan fingerprint density at radius 3 is 2.40 bits per heavy atom. The molecule has 1 aromatic carbocycles. The molecule has 0 fully saturated rings. The number of thiazole rings is 1. The van der Waals surface area contributed by atoms with Crippen molar-refractivity contribution < 1.29 is 17.6 Å². The van der Waals surface area contributed by atoms with Crippen LogP contribution in [-0.2, 0) is 6.18 Å². The van der Waals surface area contributed by atoms with Gasteiger partial charge in [-0.05, 0) is 31.5 Å². The number of hydrogen-bond acceptors (Lipinski definition) is 3. The van der Waals surface area contributed by atoms with Gasteiger partial charge in [-0.1, -0.05) is 6.07 Å². The SMILES string of the molecule is Cc1nc(C(N)c2ccc(F)cc2C(F)(F)F)sc1C. The molecule has 0 saturated heterocycles. The van der Waals surface area contributed by atoms with E-state index in [0.29, 0.717) is 11.1 Å². The molecule has 2 rings (SSSR count). The van der Waals surface area contributed by atoms with Gasteiger partial charge in [0, 0.05) is 4.88 Å². The van der Waals surface area contributed by atoms with Crippen LogP contribution in [0.3, 0.4) is 0 Å². The molecule has 0 aliphatic rings. The lowest BCUT2D eigenvalue weighted by molar-refractivity contribution is -0.138. The zero-order chi connectivity index (χ0) is 15.1. The highest BCUT2D eigenvalue weighted by Gasteiger charge is 2.36. The molecular formula is C13H12F4N2S. The first-order chi connectivity index (χ1) is 9.20. The van der Waals surface area contributed by atoms with Gasteiger partial charge in [-0.15, -0.1) is 11.3 Å². The number of nitrogens with zero attached hydrogens (tertiary/aromatic N) is 1. The number of hydrogen-bond donors (Lipinski definition) is 1. The molecule has 1 unspecified atom stereocenters. The Labute approximate surface area is 117 Å². The van der Waals surface area contributed by atoms with Gasteiger partial charge in [0.2, 0.25) is 0 Å². The number of alkyl halides is 3. The van der Waals surface area contributed by atoms with E-state index in [1.54, 1.807) is 6.92 Å². The number of benzene rings is 1. The highest BCUT2D eigenvalue weighted by Crippen LogP contribution is 2.37. The van der Waals surface area contributed by atoms with Gasteiger partial charge in [-0.2, -0.15) is 13.2 Å². The zero-order valence-corrected chi connectivity index (χ0v) is 11.6. The van der Waals surface area contributed by atoms with Gasteiger partial charge in [0.05, 0.1) is 17.3 Å². The van der Waals surface area contributed by atoms with Crippen molar-refractivity contribution >= 4 is 11.3 Å². The fourth-order valence-corrected chi connectivity index (χ4v) is 2.75. The van der Waals surface area contributed by atoms with Crippen LogP contribution < -0.4 is 5.73 Å². The summed E-state index contributed by atoms with van der Waals surface area (Å²) in [4.78, 5) is 5.06. The third-order valence-corrected chi connectivity index (χ3v) is 4.12. The number of aryl methyl sites for hydroxylation is 2. The largest absolute Gasteiger partial charge is 0.416 e. The Hall–Kier alpha value is -1.47. The summed E-state index contributed by atoms with van der Waals surface area (Å²) in [5.74, 6) is -0.945. The number of rotatable bonds is 2. The van der Waals surface area contributed by atoms with Crippen LogP contribution in [0.5, 0.6) is 0 Å². The van der Waals surface area contributed by atoms with Crippen molar-refractivity contribution in [1.29, 1.82) is 0 Å². The van der Waals surface area contributed by atoms with Crippen LogP contribution in [0, 0.1) is 19.7 Å². The van der Waals surface area contributed by atoms with Crippen LogP contribution in [0.15, 0.2) is 18.2 Å². The molecule has 0 bridgehead atoms. The van der Waals surface area contributed by atoms with Crippen LogP contribution in [0.4, 0.5) is 17.6 Å². The van der Waals surface area contributed by atoms with Crippen molar-refractivity contribution in [3.63, 3.8) is 0 Å². The maximum Gasteiger partial charge on any atom is 0.416 e. The quantitative estimate of drug-likeness (QED) is 0.853. The summed E-state index contributed by atoms with van der Waals surface area (Å²) >= 11 is 1.24. The molecule has 7 heteroatoms. The van der Waals surface area contributed by atoms with Crippen molar-refractivity contribution in [3.05, 3.63) is 50.7 Å². The van der Waals surface area contributed by atoms with Gasteiger partial charge in [0.15, 0.2) is 0 Å². The zero-order valence-electron chi connectivity index (χ0n) is 10.8. The van der Waals surface area contributed by atoms with Gasteiger partial charge in [-0.25, -0.2) is 9.37 Å². The Balaban J connectivity index is 2.52. The molecule has 20 heavy (non-hydrogen) atoms. The van der Waals surface area contributed by atoms with E-state index in [2.05, 4.69) is 4.98 Å². The predicted molar refractivity (Wildman–Crippen MR) is 69.0 cm³/mol. The van der Waals surface area contributed by atoms with Gasteiger partial charge < -0.3 is 5.73 Å². The van der Waals surface area contributed by atoms with Crippen molar-refractivity contribution in [1.82, 2.24) is 4.98 Å². The molecular weight excluding hydrogens is 292 g/mol. The fourth-order valence-electron chi connectivity index (χ4n) is 1.81. The third kappa shape index (κ3) is 2.83. The van der Waals surface area contributed by atoms with Gasteiger partial charge in [0.1, 0.15) is 10.8 Å². The summed E-state index contributed by atoms with van der Waals surface area (Å²) in [5, 5.41) is 0.386. The lowest BCUT2D eigenvalue weighted by Crippen LogP contribution is -2.18. The first-order valence-electron chi connectivity index (χ1n) is 5.76. The lowest BCUT2D eigenvalue weighted by Gasteiger charge is -2.16. The van der Waals surface area contributed by atoms with Crippen molar-refractivity contribution in [2.75, 3.05) is 0 Å². The van der Waals surface area contributed by atoms with E-state index < -0.39 is 23.6 Å². The standard InChI is InChI=1S/C13H12F4N2S/c1-6-7(2)20-12(19-6)11(18)9-4-3-8(14)5-10(9)13(15,16)17/h3-5,11H,18H2,1-2H3. The number of nitrogens with two attached hydrogens (primary N) is 1. The molecule has 2 nitrogen and oxygen atoms in total. The number of halogens is 4. The minimum atomic E-state index is -4.66. The molecule has 2 aromatic rings. The maximum absolute atomic E-state index is 13.1. The van der Waals surface area contributed by atoms with E-state index in [4.69, 9.17) is 5.73 Å². The molecule has 0 spiro atoms. The summed E-state index contributed by atoms with van der Waals surface area (Å²) in [6.07, 6.45) is -4.66. The van der Waals surface area contributed by atoms with Crippen LogP contribution in [0.25, 0.3) is 0 Å². The van der Waals surface area contributed by atoms with E-state index in [9.17, 15) is 17.6 Å². The summed E-state index contributed by atoms with van der Waals surface area (Å²) in [5.41, 5.74) is 5.37. The third-order valence-electron chi connectivity index (χ3n) is 2.97. The second kappa shape index (κ2) is 5.14. The van der Waals surface area contributed by atoms with E-state index in [1.807, 2.05) is 6.92 Å². The molecule has 1 heterocycles. The van der Waals surface area contributed by atoms with Crippen molar-refractivity contribution in [2.24, 2.45) is 5.73 Å². The number of aromatic nitrogens is 1. The Bertz CT molecular complexity index is 614. The topological polar surface area (TPSA) is 38.9 Å². The van der Waals surface area contributed by atoms with Crippen LogP contribution in [0.1, 0.15) is 32.7 Å². The van der Waals surface area contributed by atoms with Crippen molar-refractivity contribution in [3.8, 4) is 0 Å². The highest BCUT2D eigenvalue weighted by molar-refractivity contribution is 7.11. The second-order valence-electron chi connectivity index (χ2n) is 4.40. The Morgan fingerprint density at radius 2 is 1.90 bits per heavy atom. The first kappa shape index (κ1) is 14.9. The molecule has 108 valence electrons. The van der Waals surface area contributed by atoms with Crippen LogP contribution >= 0.6 is 11.3 Å². The summed E-state index contributed by atoms with van der Waals surface area (Å²) < 4.78 is 51.9. The van der Waals surface area contributed by atoms with E-state index in [-0.39, 0.29) is 5.56 Å². The normalized spacial score (nSPS) is 13.6. The fraction of sp³-hybridized carbons (Fsp3) is 0.308. The van der Waals surface area contributed by atoms with E-state index >= 15 is 0 Å². The highest BCUT2D eigenvalue weighted by atomic mass is 32.1. The summed E-state index contributed by atoms with van der Waals surface area (Å²) in [6.45, 7) is 3.58. The van der Waals surface area contributed by atoms with Crippen LogP contribution in [-0.4, -0.2) is 4.98 Å². The average Bonchev–Trinajstić information content (AvgIpc) is 2.67. The Morgan fingerprint density at radius 1 is 1.25 bits per heavy atom. The molecule has 0 aliphatic carbocycles. The van der Waals surface area contributed by atoms with Crippen LogP contribution in [0.2, 0.25) is 0 Å². The molecule has 2 N–H and O–H groups in total. The van der Waals surface area contributed by atoms with Gasteiger partial charge in [-0.3, -0.25) is 0 Å². The monoisotopic (exact) mass is 304 g/mol. The smallest absolute Gasteiger partial charge is 0.318 e. The lowest BCUT2D eigenvalue weighted by atomic mass is 10.0. The molecule has 0 aliphatic heterocycles. The van der Waals surface area contributed by atoms with Crippen molar-refractivity contribution in [2.45, 2.75) is 26.1 Å². The molecule has 1 aromatic heterocycles. The van der Waals surface area contributed by atoms with Gasteiger partial charge in [0.25, 0.3) is 0 Å². The minimum Gasteiger partial charge on any atom is -0.318 e. The molecule has 1 atom stereocenters. The summed E-state index contributed by atoms with van der Waals surface area (Å²) in [7, 11) is 0. The minimum absolute atomic E-state index is 0.173. The first-order valence-corrected chi connectivity index (χ1v) is 6.58. The molecule has 0 saturated carbocycles.